The van der Waals surface area contributed by atoms with Crippen LogP contribution in [0.4, 0.5) is 0 Å². The molecule has 1 saturated heterocycles. The maximum absolute atomic E-state index is 13.1. The normalized spacial score (nSPS) is 51.9. The predicted octanol–water partition coefficient (Wildman–Crippen LogP) is 8.76. The molecule has 6 aliphatic rings. The monoisotopic (exact) mass is 524 g/mol. The Kier molecular flexibility index (Phi) is 6.63. The van der Waals surface area contributed by atoms with E-state index in [0.29, 0.717) is 34.4 Å². The van der Waals surface area contributed by atoms with Gasteiger partial charge in [0.25, 0.3) is 0 Å². The third-order valence-electron chi connectivity index (χ3n) is 14.7. The molecule has 0 aromatic heterocycles. The van der Waals surface area contributed by atoms with E-state index in [2.05, 4.69) is 48.1 Å². The van der Waals surface area contributed by atoms with Gasteiger partial charge in [0.1, 0.15) is 5.78 Å². The van der Waals surface area contributed by atoms with Crippen molar-refractivity contribution in [2.75, 3.05) is 13.2 Å². The fraction of sp³-hybridized carbons (Fsp3) is 0.914. The first-order valence-corrected chi connectivity index (χ1v) is 16.3. The summed E-state index contributed by atoms with van der Waals surface area (Å²) in [5, 5.41) is 0. The molecule has 214 valence electrons. The molecular weight excluding hydrogens is 468 g/mol. The molecular formula is C35H56O3. The zero-order chi connectivity index (χ0) is 27.1. The second kappa shape index (κ2) is 9.17. The fourth-order valence-corrected chi connectivity index (χ4v) is 12.4. The summed E-state index contributed by atoms with van der Waals surface area (Å²) in [5.41, 5.74) is 2.52. The Labute approximate surface area is 233 Å². The van der Waals surface area contributed by atoms with Crippen molar-refractivity contribution in [3.63, 3.8) is 0 Å². The van der Waals surface area contributed by atoms with Crippen LogP contribution in [0, 0.1) is 56.7 Å². The number of fused-ring (bicyclic) bond motifs is 7. The van der Waals surface area contributed by atoms with E-state index in [4.69, 9.17) is 9.47 Å². The lowest BCUT2D eigenvalue weighted by Crippen LogP contribution is -2.66. The molecule has 0 N–H and O–H groups in total. The van der Waals surface area contributed by atoms with Crippen LogP contribution < -0.4 is 0 Å². The highest BCUT2D eigenvalue weighted by Crippen LogP contribution is 2.77. The summed E-state index contributed by atoms with van der Waals surface area (Å²) >= 11 is 0. The third kappa shape index (κ3) is 3.68. The van der Waals surface area contributed by atoms with E-state index >= 15 is 0 Å². The van der Waals surface area contributed by atoms with E-state index in [1.807, 2.05) is 0 Å². The largest absolute Gasteiger partial charge is 0.353 e. The van der Waals surface area contributed by atoms with Gasteiger partial charge in [-0.15, -0.1) is 0 Å². The van der Waals surface area contributed by atoms with Gasteiger partial charge in [0.05, 0.1) is 6.61 Å². The maximum Gasteiger partial charge on any atom is 0.157 e. The first kappa shape index (κ1) is 27.5. The molecule has 5 aliphatic carbocycles. The zero-order valence-corrected chi connectivity index (χ0v) is 25.5. The van der Waals surface area contributed by atoms with Gasteiger partial charge in [0.2, 0.25) is 0 Å². The summed E-state index contributed by atoms with van der Waals surface area (Å²) in [6.07, 6.45) is 15.8. The molecule has 0 aromatic carbocycles. The van der Waals surface area contributed by atoms with Crippen LogP contribution in [0.1, 0.15) is 125 Å². The van der Waals surface area contributed by atoms with Gasteiger partial charge in [-0.3, -0.25) is 4.79 Å². The van der Waals surface area contributed by atoms with Crippen LogP contribution in [0.3, 0.4) is 0 Å². The Bertz CT molecular complexity index is 962. The summed E-state index contributed by atoms with van der Waals surface area (Å²) in [6.45, 7) is 21.2. The van der Waals surface area contributed by atoms with Crippen molar-refractivity contribution in [2.24, 2.45) is 56.7 Å². The van der Waals surface area contributed by atoms with Crippen molar-refractivity contribution in [3.8, 4) is 0 Å². The molecule has 0 aromatic rings. The second-order valence-corrected chi connectivity index (χ2v) is 16.3. The van der Waals surface area contributed by atoms with E-state index in [1.165, 1.54) is 69.8 Å². The molecule has 10 atom stereocenters. The number of rotatable bonds is 4. The maximum atomic E-state index is 13.1. The van der Waals surface area contributed by atoms with Gasteiger partial charge in [-0.2, -0.15) is 0 Å². The topological polar surface area (TPSA) is 35.5 Å². The standard InChI is InChI=1S/C35H56O3/c1-23(2)24-13-18-35(22-38-29-10-8-9-21-37-29)20-19-33(6)25(30(24)35)11-12-27-32(5)16-15-28(36)31(3,4)26(32)14-17-34(27,33)7/h24-27,29-30H,1,8-22H2,2-7H3/t24-,25+,26-,27+,29?,30+,32-,33+,34+,35+/m0/s1. The van der Waals surface area contributed by atoms with Crippen LogP contribution in [0.25, 0.3) is 0 Å². The van der Waals surface area contributed by atoms with Gasteiger partial charge in [0.15, 0.2) is 6.29 Å². The SMILES string of the molecule is C=C(C)[C@@H]1CC[C@]2(COC3CCCCO3)CC[C@]3(C)[C@H](CC[C@@H]4[C@@]5(C)CCC(=O)C(C)(C)[C@@H]5CC[C@]43C)[C@@H]12. The van der Waals surface area contributed by atoms with E-state index in [9.17, 15) is 4.79 Å². The number of hydrogen-bond acceptors (Lipinski definition) is 3. The Morgan fingerprint density at radius 1 is 0.895 bits per heavy atom. The summed E-state index contributed by atoms with van der Waals surface area (Å²) in [6, 6.07) is 0. The lowest BCUT2D eigenvalue weighted by atomic mass is 9.32. The van der Waals surface area contributed by atoms with Gasteiger partial charge in [-0.1, -0.05) is 46.8 Å². The van der Waals surface area contributed by atoms with Gasteiger partial charge >= 0.3 is 0 Å². The molecule has 6 rings (SSSR count). The molecule has 3 heteroatoms. The first-order chi connectivity index (χ1) is 17.9. The van der Waals surface area contributed by atoms with Crippen molar-refractivity contribution in [1.29, 1.82) is 0 Å². The van der Waals surface area contributed by atoms with E-state index in [0.717, 1.165) is 44.3 Å². The smallest absolute Gasteiger partial charge is 0.157 e. The molecule has 0 amide bonds. The average molecular weight is 525 g/mol. The molecule has 0 radical (unpaired) electrons. The van der Waals surface area contributed by atoms with Crippen molar-refractivity contribution in [2.45, 2.75) is 131 Å². The van der Waals surface area contributed by atoms with Crippen molar-refractivity contribution in [1.82, 2.24) is 0 Å². The number of ketones is 1. The number of carbonyl (C=O) groups excluding carboxylic acids is 1. The van der Waals surface area contributed by atoms with Gasteiger partial charge in [0, 0.05) is 18.4 Å². The Hall–Kier alpha value is -0.670. The molecule has 5 saturated carbocycles. The Balaban J connectivity index is 1.32. The van der Waals surface area contributed by atoms with Crippen LogP contribution in [-0.4, -0.2) is 25.3 Å². The highest BCUT2D eigenvalue weighted by molar-refractivity contribution is 5.85. The first-order valence-electron chi connectivity index (χ1n) is 16.3. The number of ether oxygens (including phenoxy) is 2. The number of hydrogen-bond donors (Lipinski definition) is 0. The van der Waals surface area contributed by atoms with Gasteiger partial charge in [-0.25, -0.2) is 0 Å². The van der Waals surface area contributed by atoms with Crippen molar-refractivity contribution in [3.05, 3.63) is 12.2 Å². The van der Waals surface area contributed by atoms with Crippen molar-refractivity contribution >= 4 is 5.78 Å². The minimum absolute atomic E-state index is 0.0109. The molecule has 1 heterocycles. The molecule has 6 fully saturated rings. The molecule has 0 bridgehead atoms. The van der Waals surface area contributed by atoms with E-state index < -0.39 is 0 Å². The van der Waals surface area contributed by atoms with Crippen LogP contribution in [0.2, 0.25) is 0 Å². The molecule has 1 unspecified atom stereocenters. The molecule has 38 heavy (non-hydrogen) atoms. The number of allylic oxidation sites excluding steroid dienone is 1. The number of Topliss-reactive ketones (excluding diaryl/α,β-unsaturated/α-hetero) is 1. The van der Waals surface area contributed by atoms with Gasteiger partial charge < -0.3 is 9.47 Å². The third-order valence-corrected chi connectivity index (χ3v) is 14.7. The summed E-state index contributed by atoms with van der Waals surface area (Å²) in [5.74, 6) is 3.85. The lowest BCUT2D eigenvalue weighted by molar-refractivity contribution is -0.245. The van der Waals surface area contributed by atoms with E-state index in [1.54, 1.807) is 0 Å². The minimum atomic E-state index is -0.164. The van der Waals surface area contributed by atoms with Crippen LogP contribution in [0.5, 0.6) is 0 Å². The molecule has 0 spiro atoms. The zero-order valence-electron chi connectivity index (χ0n) is 25.5. The molecule has 3 nitrogen and oxygen atoms in total. The fourth-order valence-electron chi connectivity index (χ4n) is 12.4. The van der Waals surface area contributed by atoms with E-state index in [-0.39, 0.29) is 22.5 Å². The summed E-state index contributed by atoms with van der Waals surface area (Å²) in [7, 11) is 0. The van der Waals surface area contributed by atoms with Gasteiger partial charge in [-0.05, 0) is 135 Å². The van der Waals surface area contributed by atoms with Crippen LogP contribution in [-0.2, 0) is 14.3 Å². The minimum Gasteiger partial charge on any atom is -0.353 e. The molecule has 1 aliphatic heterocycles. The highest BCUT2D eigenvalue weighted by atomic mass is 16.7. The second-order valence-electron chi connectivity index (χ2n) is 16.3. The van der Waals surface area contributed by atoms with Crippen LogP contribution in [0.15, 0.2) is 12.2 Å². The Morgan fingerprint density at radius 3 is 2.39 bits per heavy atom. The summed E-state index contributed by atoms with van der Waals surface area (Å²) in [4.78, 5) is 13.1. The quantitative estimate of drug-likeness (QED) is 0.345. The lowest BCUT2D eigenvalue weighted by Gasteiger charge is -2.72. The predicted molar refractivity (Wildman–Crippen MR) is 154 cm³/mol. The summed E-state index contributed by atoms with van der Waals surface area (Å²) < 4.78 is 12.7. The number of carbonyl (C=O) groups is 1. The Morgan fingerprint density at radius 2 is 1.68 bits per heavy atom. The highest BCUT2D eigenvalue weighted by Gasteiger charge is 2.70. The van der Waals surface area contributed by atoms with Crippen LogP contribution >= 0.6 is 0 Å². The van der Waals surface area contributed by atoms with Crippen molar-refractivity contribution < 1.29 is 14.3 Å². The average Bonchev–Trinajstić information content (AvgIpc) is 3.27.